The molecule has 0 radical (unpaired) electrons. The quantitative estimate of drug-likeness (QED) is 0.791. The van der Waals surface area contributed by atoms with Crippen molar-refractivity contribution in [3.63, 3.8) is 0 Å². The third-order valence-corrected chi connectivity index (χ3v) is 3.99. The lowest BCUT2D eigenvalue weighted by Crippen LogP contribution is -2.23. The zero-order valence-corrected chi connectivity index (χ0v) is 12.6. The average molecular weight is 277 g/mol. The number of nitrogens with zero attached hydrogens (tertiary/aromatic N) is 1. The fourth-order valence-corrected chi connectivity index (χ4v) is 2.67. The van der Waals surface area contributed by atoms with Gasteiger partial charge in [-0.1, -0.05) is 50.3 Å². The minimum absolute atomic E-state index is 0.0496. The van der Waals surface area contributed by atoms with Crippen LogP contribution in [-0.4, -0.2) is 12.8 Å². The van der Waals surface area contributed by atoms with Crippen LogP contribution in [-0.2, 0) is 5.41 Å². The van der Waals surface area contributed by atoms with E-state index in [9.17, 15) is 0 Å². The Balaban J connectivity index is 1.91. The van der Waals surface area contributed by atoms with E-state index < -0.39 is 0 Å². The summed E-state index contributed by atoms with van der Waals surface area (Å²) in [6.45, 7) is 4.43. The summed E-state index contributed by atoms with van der Waals surface area (Å²) in [5.74, 6) is 0.869. The molecule has 2 aromatic rings. The SMILES string of the molecule is COc1cccc(/C=C/C2=Nc3ccccc3C2(C)C)c1. The number of aliphatic imine (C=N–C) groups is 1. The number of rotatable bonds is 3. The molecule has 21 heavy (non-hydrogen) atoms. The molecule has 0 amide bonds. The van der Waals surface area contributed by atoms with Crippen LogP contribution in [0, 0.1) is 0 Å². The standard InChI is InChI=1S/C19H19NO/c1-19(2)16-9-4-5-10-17(16)20-18(19)12-11-14-7-6-8-15(13-14)21-3/h4-13H,1-3H3/b12-11+. The molecule has 1 aliphatic rings. The Morgan fingerprint density at radius 3 is 2.57 bits per heavy atom. The molecule has 0 aromatic heterocycles. The van der Waals surface area contributed by atoms with Crippen molar-refractivity contribution in [3.05, 3.63) is 65.7 Å². The Hall–Kier alpha value is -2.35. The van der Waals surface area contributed by atoms with E-state index >= 15 is 0 Å². The Kier molecular flexibility index (Phi) is 3.38. The molecule has 2 nitrogen and oxygen atoms in total. The molecule has 2 heteroatoms. The maximum atomic E-state index is 5.25. The number of hydrogen-bond acceptors (Lipinski definition) is 2. The molecule has 0 atom stereocenters. The number of hydrogen-bond donors (Lipinski definition) is 0. The van der Waals surface area contributed by atoms with Crippen LogP contribution in [0.4, 0.5) is 5.69 Å². The van der Waals surface area contributed by atoms with Crippen LogP contribution >= 0.6 is 0 Å². The monoisotopic (exact) mass is 277 g/mol. The molecule has 0 spiro atoms. The summed E-state index contributed by atoms with van der Waals surface area (Å²) in [6.07, 6.45) is 4.20. The largest absolute Gasteiger partial charge is 0.497 e. The van der Waals surface area contributed by atoms with E-state index in [1.54, 1.807) is 7.11 Å². The summed E-state index contributed by atoms with van der Waals surface area (Å²) >= 11 is 0. The van der Waals surface area contributed by atoms with Gasteiger partial charge in [0, 0.05) is 5.41 Å². The highest BCUT2D eigenvalue weighted by Crippen LogP contribution is 2.40. The summed E-state index contributed by atoms with van der Waals surface area (Å²) in [4.78, 5) is 4.76. The van der Waals surface area contributed by atoms with E-state index in [0.717, 1.165) is 22.7 Å². The number of fused-ring (bicyclic) bond motifs is 1. The van der Waals surface area contributed by atoms with Crippen molar-refractivity contribution in [2.24, 2.45) is 4.99 Å². The molecule has 0 N–H and O–H groups in total. The average Bonchev–Trinajstić information content (AvgIpc) is 2.77. The summed E-state index contributed by atoms with van der Waals surface area (Å²) < 4.78 is 5.25. The van der Waals surface area contributed by atoms with E-state index in [1.165, 1.54) is 5.56 Å². The summed E-state index contributed by atoms with van der Waals surface area (Å²) in [5.41, 5.74) is 4.52. The molecule has 0 bridgehead atoms. The number of allylic oxidation sites excluding steroid dienone is 1. The molecule has 0 unspecified atom stereocenters. The van der Waals surface area contributed by atoms with Gasteiger partial charge >= 0.3 is 0 Å². The van der Waals surface area contributed by atoms with Gasteiger partial charge in [0.2, 0.25) is 0 Å². The van der Waals surface area contributed by atoms with Crippen molar-refractivity contribution in [2.45, 2.75) is 19.3 Å². The molecule has 2 aromatic carbocycles. The molecule has 0 saturated carbocycles. The Labute approximate surface area is 125 Å². The van der Waals surface area contributed by atoms with Crippen LogP contribution < -0.4 is 4.74 Å². The molecular formula is C19H19NO. The van der Waals surface area contributed by atoms with E-state index in [0.29, 0.717) is 0 Å². The Bertz CT molecular complexity index is 726. The van der Waals surface area contributed by atoms with Gasteiger partial charge in [0.1, 0.15) is 5.75 Å². The van der Waals surface area contributed by atoms with Crippen LogP contribution in [0.15, 0.2) is 59.6 Å². The van der Waals surface area contributed by atoms with Crippen LogP contribution in [0.5, 0.6) is 5.75 Å². The van der Waals surface area contributed by atoms with Gasteiger partial charge in [-0.15, -0.1) is 0 Å². The third kappa shape index (κ3) is 2.49. The van der Waals surface area contributed by atoms with Crippen LogP contribution in [0.1, 0.15) is 25.0 Å². The molecule has 0 aliphatic carbocycles. The predicted molar refractivity (Wildman–Crippen MR) is 88.6 cm³/mol. The highest BCUT2D eigenvalue weighted by Gasteiger charge is 2.32. The fraction of sp³-hybridized carbons (Fsp3) is 0.211. The van der Waals surface area contributed by atoms with Gasteiger partial charge in [0.25, 0.3) is 0 Å². The number of ether oxygens (including phenoxy) is 1. The van der Waals surface area contributed by atoms with Crippen molar-refractivity contribution < 1.29 is 4.74 Å². The first-order chi connectivity index (χ1) is 10.1. The van der Waals surface area contributed by atoms with Gasteiger partial charge in [0.05, 0.1) is 18.5 Å². The van der Waals surface area contributed by atoms with Crippen LogP contribution in [0.2, 0.25) is 0 Å². The second-order valence-electron chi connectivity index (χ2n) is 5.75. The molecule has 0 fully saturated rings. The molecule has 106 valence electrons. The van der Waals surface area contributed by atoms with Crippen LogP contribution in [0.25, 0.3) is 6.08 Å². The topological polar surface area (TPSA) is 21.6 Å². The number of para-hydroxylation sites is 1. The maximum absolute atomic E-state index is 5.25. The Morgan fingerprint density at radius 2 is 1.81 bits per heavy atom. The predicted octanol–water partition coefficient (Wildman–Crippen LogP) is 4.77. The van der Waals surface area contributed by atoms with Gasteiger partial charge in [-0.05, 0) is 35.4 Å². The summed E-state index contributed by atoms with van der Waals surface area (Å²) in [5, 5.41) is 0. The summed E-state index contributed by atoms with van der Waals surface area (Å²) in [6, 6.07) is 16.4. The normalized spacial score (nSPS) is 15.9. The molecule has 0 saturated heterocycles. The first-order valence-electron chi connectivity index (χ1n) is 7.12. The first kappa shape index (κ1) is 13.6. The fourth-order valence-electron chi connectivity index (χ4n) is 2.67. The van der Waals surface area contributed by atoms with Crippen LogP contribution in [0.3, 0.4) is 0 Å². The number of benzene rings is 2. The van der Waals surface area contributed by atoms with E-state index in [-0.39, 0.29) is 5.41 Å². The van der Waals surface area contributed by atoms with Crippen molar-refractivity contribution >= 4 is 17.5 Å². The highest BCUT2D eigenvalue weighted by atomic mass is 16.5. The molecule has 3 rings (SSSR count). The van der Waals surface area contributed by atoms with E-state index in [4.69, 9.17) is 9.73 Å². The van der Waals surface area contributed by atoms with E-state index in [2.05, 4.69) is 50.3 Å². The lowest BCUT2D eigenvalue weighted by molar-refractivity contribution is 0.414. The van der Waals surface area contributed by atoms with Gasteiger partial charge in [0.15, 0.2) is 0 Å². The number of methoxy groups -OCH3 is 1. The minimum atomic E-state index is -0.0496. The van der Waals surface area contributed by atoms with Gasteiger partial charge in [-0.3, -0.25) is 4.99 Å². The zero-order chi connectivity index (χ0) is 14.9. The molecule has 1 aliphatic heterocycles. The van der Waals surface area contributed by atoms with Gasteiger partial charge < -0.3 is 4.74 Å². The van der Waals surface area contributed by atoms with Gasteiger partial charge in [-0.2, -0.15) is 0 Å². The highest BCUT2D eigenvalue weighted by molar-refractivity contribution is 6.10. The second kappa shape index (κ2) is 5.21. The van der Waals surface area contributed by atoms with Crippen molar-refractivity contribution in [1.82, 2.24) is 0 Å². The van der Waals surface area contributed by atoms with Crippen molar-refractivity contribution in [2.75, 3.05) is 7.11 Å². The van der Waals surface area contributed by atoms with Crippen molar-refractivity contribution in [3.8, 4) is 5.75 Å². The van der Waals surface area contributed by atoms with E-state index in [1.807, 2.05) is 24.3 Å². The first-order valence-corrected chi connectivity index (χ1v) is 7.12. The second-order valence-corrected chi connectivity index (χ2v) is 5.75. The Morgan fingerprint density at radius 1 is 1.00 bits per heavy atom. The maximum Gasteiger partial charge on any atom is 0.119 e. The molecular weight excluding hydrogens is 258 g/mol. The minimum Gasteiger partial charge on any atom is -0.497 e. The van der Waals surface area contributed by atoms with Crippen molar-refractivity contribution in [1.29, 1.82) is 0 Å². The third-order valence-electron chi connectivity index (χ3n) is 3.99. The van der Waals surface area contributed by atoms with Gasteiger partial charge in [-0.25, -0.2) is 0 Å². The molecule has 1 heterocycles. The lowest BCUT2D eigenvalue weighted by Gasteiger charge is -2.20. The zero-order valence-electron chi connectivity index (χ0n) is 12.6. The lowest BCUT2D eigenvalue weighted by atomic mass is 9.81. The summed E-state index contributed by atoms with van der Waals surface area (Å²) in [7, 11) is 1.68. The smallest absolute Gasteiger partial charge is 0.119 e.